The Kier molecular flexibility index (Phi) is 4.70. The van der Waals surface area contributed by atoms with E-state index >= 15 is 0 Å². The van der Waals surface area contributed by atoms with Crippen LogP contribution in [0.15, 0.2) is 17.0 Å². The third-order valence-corrected chi connectivity index (χ3v) is 6.01. The molecule has 0 radical (unpaired) electrons. The van der Waals surface area contributed by atoms with Crippen molar-refractivity contribution in [3.8, 4) is 0 Å². The summed E-state index contributed by atoms with van der Waals surface area (Å²) in [6, 6.07) is 2.22. The number of nitrogens with zero attached hydrogens (tertiary/aromatic N) is 1. The zero-order chi connectivity index (χ0) is 15.4. The molecule has 1 saturated carbocycles. The summed E-state index contributed by atoms with van der Waals surface area (Å²) >= 11 is 5.91. The van der Waals surface area contributed by atoms with Gasteiger partial charge in [-0.2, -0.15) is 0 Å². The zero-order valence-corrected chi connectivity index (χ0v) is 14.0. The molecule has 0 aromatic heterocycles. The van der Waals surface area contributed by atoms with Crippen LogP contribution in [0.25, 0.3) is 0 Å². The summed E-state index contributed by atoms with van der Waals surface area (Å²) < 4.78 is 27.3. The number of hydrogen-bond donors (Lipinski definition) is 2. The maximum Gasteiger partial charge on any atom is 0.275 e. The van der Waals surface area contributed by atoms with Gasteiger partial charge in [-0.05, 0) is 37.9 Å². The number of benzene rings is 1. The first kappa shape index (κ1) is 17.4. The van der Waals surface area contributed by atoms with Crippen molar-refractivity contribution in [2.75, 3.05) is 13.1 Å². The number of nitro groups is 1. The van der Waals surface area contributed by atoms with E-state index in [2.05, 4.69) is 10.0 Å². The molecule has 2 atom stereocenters. The fourth-order valence-corrected chi connectivity index (χ4v) is 4.49. The highest BCUT2D eigenvalue weighted by Gasteiger charge is 2.54. The fourth-order valence-electron chi connectivity index (χ4n) is 2.83. The number of sulfonamides is 1. The van der Waals surface area contributed by atoms with Crippen LogP contribution in [-0.4, -0.2) is 32.5 Å². The molecule has 2 fully saturated rings. The van der Waals surface area contributed by atoms with Crippen molar-refractivity contribution in [3.63, 3.8) is 0 Å². The standard InChI is InChI=1S/C12H14ClN3O4S.ClH/c1-6-10(13)2-7(3-11(6)16(17)18)21(19,20)15-12-8-4-14-5-9(8)12;/h2-3,8-9,12,14-15H,4-5H2,1H3;1H. The van der Waals surface area contributed by atoms with Crippen LogP contribution in [0.2, 0.25) is 5.02 Å². The number of fused-ring (bicyclic) bond motifs is 1. The van der Waals surface area contributed by atoms with Gasteiger partial charge in [0, 0.05) is 17.7 Å². The van der Waals surface area contributed by atoms with E-state index in [0.29, 0.717) is 11.8 Å². The van der Waals surface area contributed by atoms with Crippen molar-refractivity contribution >= 4 is 39.7 Å². The first-order valence-corrected chi connectivity index (χ1v) is 8.35. The van der Waals surface area contributed by atoms with Crippen LogP contribution in [-0.2, 0) is 10.0 Å². The van der Waals surface area contributed by atoms with E-state index in [1.807, 2.05) is 0 Å². The van der Waals surface area contributed by atoms with Crippen molar-refractivity contribution in [2.24, 2.45) is 11.8 Å². The van der Waals surface area contributed by atoms with Crippen molar-refractivity contribution in [1.82, 2.24) is 10.0 Å². The predicted octanol–water partition coefficient (Wildman–Crippen LogP) is 1.47. The molecule has 2 N–H and O–H groups in total. The summed E-state index contributed by atoms with van der Waals surface area (Å²) in [5, 5.41) is 14.2. The molecule has 1 saturated heterocycles. The molecule has 1 heterocycles. The van der Waals surface area contributed by atoms with E-state index < -0.39 is 14.9 Å². The average Bonchev–Trinajstić information content (AvgIpc) is 2.85. The number of piperidine rings is 1. The molecule has 22 heavy (non-hydrogen) atoms. The van der Waals surface area contributed by atoms with Crippen LogP contribution in [0, 0.1) is 28.9 Å². The highest BCUT2D eigenvalue weighted by Crippen LogP contribution is 2.42. The van der Waals surface area contributed by atoms with Gasteiger partial charge in [-0.3, -0.25) is 10.1 Å². The monoisotopic (exact) mass is 367 g/mol. The quantitative estimate of drug-likeness (QED) is 0.619. The van der Waals surface area contributed by atoms with Crippen LogP contribution >= 0.6 is 24.0 Å². The molecule has 1 aromatic carbocycles. The van der Waals surface area contributed by atoms with Crippen molar-refractivity contribution in [2.45, 2.75) is 17.9 Å². The highest BCUT2D eigenvalue weighted by molar-refractivity contribution is 7.89. The second kappa shape index (κ2) is 5.93. The molecule has 1 aliphatic carbocycles. The predicted molar refractivity (Wildman–Crippen MR) is 84.1 cm³/mol. The van der Waals surface area contributed by atoms with Gasteiger partial charge >= 0.3 is 0 Å². The Balaban J connectivity index is 0.00000176. The fraction of sp³-hybridized carbons (Fsp3) is 0.500. The lowest BCUT2D eigenvalue weighted by Crippen LogP contribution is -2.32. The van der Waals surface area contributed by atoms with Crippen molar-refractivity contribution in [3.05, 3.63) is 32.8 Å². The third kappa shape index (κ3) is 2.93. The molecule has 0 amide bonds. The van der Waals surface area contributed by atoms with Crippen molar-refractivity contribution < 1.29 is 13.3 Å². The number of nitro benzene ring substituents is 1. The normalized spacial score (nSPS) is 26.2. The zero-order valence-electron chi connectivity index (χ0n) is 11.6. The first-order valence-electron chi connectivity index (χ1n) is 6.49. The van der Waals surface area contributed by atoms with Gasteiger partial charge < -0.3 is 5.32 Å². The molecular weight excluding hydrogens is 353 g/mol. The van der Waals surface area contributed by atoms with Crippen molar-refractivity contribution in [1.29, 1.82) is 0 Å². The first-order chi connectivity index (χ1) is 9.81. The van der Waals surface area contributed by atoms with E-state index in [-0.39, 0.29) is 39.6 Å². The van der Waals surface area contributed by atoms with Gasteiger partial charge in [0.1, 0.15) is 0 Å². The largest absolute Gasteiger partial charge is 0.316 e. The summed E-state index contributed by atoms with van der Waals surface area (Å²) in [6.07, 6.45) is 0. The Hall–Kier alpha value is -0.930. The van der Waals surface area contributed by atoms with Gasteiger partial charge in [-0.15, -0.1) is 12.4 Å². The van der Waals surface area contributed by atoms with E-state index in [0.717, 1.165) is 19.2 Å². The van der Waals surface area contributed by atoms with Crippen LogP contribution in [0.5, 0.6) is 0 Å². The molecule has 122 valence electrons. The topological polar surface area (TPSA) is 101 Å². The van der Waals surface area contributed by atoms with E-state index in [4.69, 9.17) is 11.6 Å². The molecule has 1 aromatic rings. The van der Waals surface area contributed by atoms with Gasteiger partial charge in [-0.1, -0.05) is 11.6 Å². The summed E-state index contributed by atoms with van der Waals surface area (Å²) in [5.74, 6) is 0.631. The molecule has 2 unspecified atom stereocenters. The van der Waals surface area contributed by atoms with Crippen LogP contribution in [0.1, 0.15) is 5.56 Å². The highest BCUT2D eigenvalue weighted by atomic mass is 35.5. The van der Waals surface area contributed by atoms with E-state index in [9.17, 15) is 18.5 Å². The van der Waals surface area contributed by atoms with E-state index in [1.54, 1.807) is 0 Å². The number of halogens is 2. The minimum atomic E-state index is -3.80. The maximum atomic E-state index is 12.3. The second-order valence-corrected chi connectivity index (χ2v) is 7.56. The van der Waals surface area contributed by atoms with Crippen LogP contribution in [0.4, 0.5) is 5.69 Å². The minimum absolute atomic E-state index is 0. The summed E-state index contributed by atoms with van der Waals surface area (Å²) in [5.41, 5.74) is -0.0337. The summed E-state index contributed by atoms with van der Waals surface area (Å²) in [6.45, 7) is 3.08. The number of hydrogen-bond acceptors (Lipinski definition) is 5. The lowest BCUT2D eigenvalue weighted by Gasteiger charge is -2.10. The van der Waals surface area contributed by atoms with Gasteiger partial charge in [0.2, 0.25) is 10.0 Å². The van der Waals surface area contributed by atoms with Crippen LogP contribution < -0.4 is 10.0 Å². The molecule has 0 bridgehead atoms. The molecule has 7 nitrogen and oxygen atoms in total. The smallest absolute Gasteiger partial charge is 0.275 e. The molecular formula is C12H15Cl2N3O4S. The van der Waals surface area contributed by atoms with Gasteiger partial charge in [0.05, 0.1) is 14.8 Å². The minimum Gasteiger partial charge on any atom is -0.316 e. The number of rotatable bonds is 4. The third-order valence-electron chi connectivity index (χ3n) is 4.18. The summed E-state index contributed by atoms with van der Waals surface area (Å²) in [4.78, 5) is 10.2. The van der Waals surface area contributed by atoms with Gasteiger partial charge in [0.25, 0.3) is 5.69 Å². The SMILES string of the molecule is Cc1c(Cl)cc(S(=O)(=O)NC2C3CNCC32)cc1[N+](=O)[O-].Cl. The Bertz CT molecular complexity index is 715. The molecule has 2 aliphatic rings. The molecule has 3 rings (SSSR count). The van der Waals surface area contributed by atoms with E-state index in [1.165, 1.54) is 13.0 Å². The van der Waals surface area contributed by atoms with Gasteiger partial charge in [-0.25, -0.2) is 13.1 Å². The summed E-state index contributed by atoms with van der Waals surface area (Å²) in [7, 11) is -3.80. The molecule has 1 aliphatic heterocycles. The average molecular weight is 368 g/mol. The Morgan fingerprint density at radius 1 is 1.36 bits per heavy atom. The Labute approximate surface area is 139 Å². The number of nitrogens with one attached hydrogen (secondary N) is 2. The lowest BCUT2D eigenvalue weighted by molar-refractivity contribution is -0.385. The lowest BCUT2D eigenvalue weighted by atomic mass is 10.2. The second-order valence-electron chi connectivity index (χ2n) is 5.44. The Morgan fingerprint density at radius 2 is 1.95 bits per heavy atom. The molecule has 10 heteroatoms. The van der Waals surface area contributed by atoms with Gasteiger partial charge in [0.15, 0.2) is 0 Å². The Morgan fingerprint density at radius 3 is 2.50 bits per heavy atom. The maximum absolute atomic E-state index is 12.3. The molecule has 0 spiro atoms. The van der Waals surface area contributed by atoms with Crippen LogP contribution in [0.3, 0.4) is 0 Å².